The number of rotatable bonds is 1. The molecular weight excluding hydrogens is 262 g/mol. The number of carbonyl (C=O) groups is 1. The molecule has 5 heteroatoms. The quantitative estimate of drug-likeness (QED) is 0.629. The van der Waals surface area contributed by atoms with Gasteiger partial charge in [-0.2, -0.15) is 5.26 Å². The molecule has 1 N–H and O–H groups in total. The molecule has 1 aromatic rings. The summed E-state index contributed by atoms with van der Waals surface area (Å²) in [7, 11) is 0. The number of ketones is 1. The van der Waals surface area contributed by atoms with Crippen LogP contribution in [-0.4, -0.2) is 10.9 Å². The second-order valence-corrected chi connectivity index (χ2v) is 6.20. The van der Waals surface area contributed by atoms with Crippen LogP contribution in [0.25, 0.3) is 0 Å². The number of Topliss-reactive ketones (excluding diaryl/α,β-unsaturated/α-hetero) is 1. The third kappa shape index (κ3) is 2.59. The number of thioether (sulfide) groups is 1. The molecule has 2 rings (SSSR count). The molecule has 4 nitrogen and oxygen atoms in total. The summed E-state index contributed by atoms with van der Waals surface area (Å²) in [5.74, 6) is 0.415. The van der Waals surface area contributed by atoms with Crippen molar-refractivity contribution in [3.05, 3.63) is 28.9 Å². The van der Waals surface area contributed by atoms with Gasteiger partial charge in [0.15, 0.2) is 10.9 Å². The van der Waals surface area contributed by atoms with Gasteiger partial charge >= 0.3 is 0 Å². The molecule has 0 amide bonds. The Morgan fingerprint density at radius 2 is 2.11 bits per heavy atom. The van der Waals surface area contributed by atoms with Gasteiger partial charge in [0.25, 0.3) is 0 Å². The van der Waals surface area contributed by atoms with Gasteiger partial charge in [-0.1, -0.05) is 20.8 Å². The Kier molecular flexibility index (Phi) is 3.29. The summed E-state index contributed by atoms with van der Waals surface area (Å²) in [6.07, 6.45) is 0. The number of ether oxygens (including phenoxy) is 1. The Morgan fingerprint density at radius 1 is 1.42 bits per heavy atom. The largest absolute Gasteiger partial charge is 0.508 e. The predicted octanol–water partition coefficient (Wildman–Crippen LogP) is 3.23. The number of hydrogen-bond acceptors (Lipinski definition) is 5. The summed E-state index contributed by atoms with van der Waals surface area (Å²) in [5, 5.41) is 18.9. The highest BCUT2D eigenvalue weighted by atomic mass is 32.2. The molecule has 1 aromatic carbocycles. The van der Waals surface area contributed by atoms with E-state index in [1.54, 1.807) is 32.9 Å². The number of phenolic OH excluding ortho intramolecular Hbond substituents is 1. The van der Waals surface area contributed by atoms with Crippen molar-refractivity contribution in [2.45, 2.75) is 25.7 Å². The lowest BCUT2D eigenvalue weighted by Crippen LogP contribution is -2.22. The smallest absolute Gasteiger partial charge is 0.187 e. The molecule has 0 unspecified atom stereocenters. The number of carbonyl (C=O) groups excluding carboxylic acids is 1. The Hall–Kier alpha value is -1.93. The summed E-state index contributed by atoms with van der Waals surface area (Å²) >= 11 is 1.18. The molecule has 0 aromatic heterocycles. The zero-order chi connectivity index (χ0) is 14.2. The average molecular weight is 275 g/mol. The van der Waals surface area contributed by atoms with Crippen molar-refractivity contribution in [1.29, 1.82) is 5.26 Å². The van der Waals surface area contributed by atoms with Gasteiger partial charge < -0.3 is 9.84 Å². The SMILES string of the molecule is CC(C)(C)C(=O)/C(C#N)=C1\Oc2ccc(O)cc2S1. The maximum Gasteiger partial charge on any atom is 0.187 e. The summed E-state index contributed by atoms with van der Waals surface area (Å²) in [6, 6.07) is 6.58. The minimum absolute atomic E-state index is 0.0215. The standard InChI is InChI=1S/C14H13NO3S/c1-14(2,3)12(17)9(7-15)13-18-10-5-4-8(16)6-11(10)19-13/h4-6,16H,1-3H3/b13-9+. The van der Waals surface area contributed by atoms with E-state index < -0.39 is 5.41 Å². The van der Waals surface area contributed by atoms with E-state index in [1.165, 1.54) is 17.8 Å². The highest BCUT2D eigenvalue weighted by Gasteiger charge is 2.32. The monoisotopic (exact) mass is 275 g/mol. The van der Waals surface area contributed by atoms with Crippen molar-refractivity contribution in [2.75, 3.05) is 0 Å². The van der Waals surface area contributed by atoms with E-state index in [0.29, 0.717) is 10.6 Å². The minimum atomic E-state index is -0.640. The number of allylic oxidation sites excluding steroid dienone is 1. The first-order chi connectivity index (χ1) is 8.82. The summed E-state index contributed by atoms with van der Waals surface area (Å²) in [6.45, 7) is 5.27. The van der Waals surface area contributed by atoms with Crippen LogP contribution in [0.1, 0.15) is 20.8 Å². The van der Waals surface area contributed by atoms with Crippen LogP contribution in [0.15, 0.2) is 33.8 Å². The molecule has 0 atom stereocenters. The van der Waals surface area contributed by atoms with Gasteiger partial charge in [0.1, 0.15) is 23.1 Å². The minimum Gasteiger partial charge on any atom is -0.508 e. The van der Waals surface area contributed by atoms with Crippen LogP contribution in [-0.2, 0) is 4.79 Å². The fourth-order valence-corrected chi connectivity index (χ4v) is 2.51. The highest BCUT2D eigenvalue weighted by Crippen LogP contribution is 2.46. The highest BCUT2D eigenvalue weighted by molar-refractivity contribution is 8.03. The van der Waals surface area contributed by atoms with Crippen LogP contribution >= 0.6 is 11.8 Å². The maximum atomic E-state index is 12.2. The number of fused-ring (bicyclic) bond motifs is 1. The zero-order valence-electron chi connectivity index (χ0n) is 10.9. The molecule has 1 aliphatic rings. The van der Waals surface area contributed by atoms with Crippen LogP contribution in [0.4, 0.5) is 0 Å². The van der Waals surface area contributed by atoms with Crippen LogP contribution in [0.5, 0.6) is 11.5 Å². The molecule has 98 valence electrons. The van der Waals surface area contributed by atoms with Gasteiger partial charge in [0.05, 0.1) is 4.90 Å². The Morgan fingerprint density at radius 3 is 2.68 bits per heavy atom. The second-order valence-electron chi connectivity index (χ2n) is 5.19. The van der Waals surface area contributed by atoms with Crippen LogP contribution in [0.2, 0.25) is 0 Å². The number of hydrogen-bond donors (Lipinski definition) is 1. The van der Waals surface area contributed by atoms with Crippen molar-refractivity contribution >= 4 is 17.5 Å². The molecule has 0 saturated heterocycles. The molecule has 0 spiro atoms. The lowest BCUT2D eigenvalue weighted by molar-refractivity contribution is -0.122. The fourth-order valence-electron chi connectivity index (χ4n) is 1.55. The van der Waals surface area contributed by atoms with Gasteiger partial charge in [0, 0.05) is 5.41 Å². The second kappa shape index (κ2) is 4.63. The van der Waals surface area contributed by atoms with E-state index in [9.17, 15) is 15.2 Å². The van der Waals surface area contributed by atoms with Crippen molar-refractivity contribution < 1.29 is 14.6 Å². The predicted molar refractivity (Wildman–Crippen MR) is 71.7 cm³/mol. The Bertz CT molecular complexity index is 621. The number of nitrogens with zero attached hydrogens (tertiary/aromatic N) is 1. The molecule has 1 heterocycles. The van der Waals surface area contributed by atoms with Gasteiger partial charge in [-0.15, -0.1) is 0 Å². The van der Waals surface area contributed by atoms with Crippen molar-refractivity contribution in [3.8, 4) is 17.6 Å². The van der Waals surface area contributed by atoms with Gasteiger partial charge in [0.2, 0.25) is 0 Å². The summed E-state index contributed by atoms with van der Waals surface area (Å²) in [4.78, 5) is 12.9. The third-order valence-corrected chi connectivity index (χ3v) is 3.57. The van der Waals surface area contributed by atoms with E-state index in [2.05, 4.69) is 0 Å². The molecular formula is C14H13NO3S. The molecule has 0 saturated carbocycles. The first kappa shape index (κ1) is 13.5. The normalized spacial score (nSPS) is 16.3. The van der Waals surface area contributed by atoms with Crippen molar-refractivity contribution in [1.82, 2.24) is 0 Å². The Labute approximate surface area is 115 Å². The summed E-state index contributed by atoms with van der Waals surface area (Å²) in [5.41, 5.74) is -0.619. The first-order valence-electron chi connectivity index (χ1n) is 5.71. The number of benzene rings is 1. The van der Waals surface area contributed by atoms with E-state index in [0.717, 1.165) is 0 Å². The van der Waals surface area contributed by atoms with Crippen molar-refractivity contribution in [2.24, 2.45) is 5.41 Å². The molecule has 0 radical (unpaired) electrons. The maximum absolute atomic E-state index is 12.2. The van der Waals surface area contributed by atoms with E-state index in [1.807, 2.05) is 6.07 Å². The van der Waals surface area contributed by atoms with E-state index >= 15 is 0 Å². The van der Waals surface area contributed by atoms with Crippen LogP contribution in [0, 0.1) is 16.7 Å². The number of phenols is 1. The van der Waals surface area contributed by atoms with Crippen LogP contribution < -0.4 is 4.74 Å². The lowest BCUT2D eigenvalue weighted by atomic mass is 9.87. The van der Waals surface area contributed by atoms with Gasteiger partial charge in [-0.05, 0) is 30.0 Å². The lowest BCUT2D eigenvalue weighted by Gasteiger charge is -2.16. The first-order valence-corrected chi connectivity index (χ1v) is 6.52. The molecule has 1 aliphatic heterocycles. The number of nitriles is 1. The number of aromatic hydroxyl groups is 1. The molecule has 0 fully saturated rings. The molecule has 19 heavy (non-hydrogen) atoms. The average Bonchev–Trinajstić information content (AvgIpc) is 2.71. The zero-order valence-corrected chi connectivity index (χ0v) is 11.7. The van der Waals surface area contributed by atoms with E-state index in [4.69, 9.17) is 4.74 Å². The van der Waals surface area contributed by atoms with Gasteiger partial charge in [-0.25, -0.2) is 0 Å². The van der Waals surface area contributed by atoms with Crippen molar-refractivity contribution in [3.63, 3.8) is 0 Å². The third-order valence-electron chi connectivity index (χ3n) is 2.56. The fraction of sp³-hybridized carbons (Fsp3) is 0.286. The van der Waals surface area contributed by atoms with E-state index in [-0.39, 0.29) is 22.2 Å². The topological polar surface area (TPSA) is 70.3 Å². The Balaban J connectivity index is 2.41. The molecule has 0 bridgehead atoms. The molecule has 0 aliphatic carbocycles. The van der Waals surface area contributed by atoms with Gasteiger partial charge in [-0.3, -0.25) is 4.79 Å². The summed E-state index contributed by atoms with van der Waals surface area (Å²) < 4.78 is 5.52. The van der Waals surface area contributed by atoms with Crippen LogP contribution in [0.3, 0.4) is 0 Å².